The van der Waals surface area contributed by atoms with E-state index in [-0.39, 0.29) is 0 Å². The third kappa shape index (κ3) is 4.25. The van der Waals surface area contributed by atoms with Crippen LogP contribution in [0.4, 0.5) is 5.69 Å². The third-order valence-corrected chi connectivity index (χ3v) is 5.50. The number of ether oxygens (including phenoxy) is 1. The van der Waals surface area contributed by atoms with Gasteiger partial charge in [0.15, 0.2) is 5.65 Å². The Bertz CT molecular complexity index is 1480. The first kappa shape index (κ1) is 21.4. The Morgan fingerprint density at radius 3 is 2.74 bits per heavy atom. The van der Waals surface area contributed by atoms with E-state index in [4.69, 9.17) is 25.3 Å². The molecule has 2 aromatic heterocycles. The van der Waals surface area contributed by atoms with Crippen LogP contribution in [-0.4, -0.2) is 26.3 Å². The molecule has 4 aromatic rings. The normalized spacial score (nSPS) is 13.3. The van der Waals surface area contributed by atoms with Gasteiger partial charge in [-0.3, -0.25) is 4.68 Å². The fourth-order valence-electron chi connectivity index (χ4n) is 3.87. The summed E-state index contributed by atoms with van der Waals surface area (Å²) < 4.78 is 7.94. The molecule has 5 rings (SSSR count). The monoisotopic (exact) mass is 452 g/mol. The number of hydrogen-bond donors (Lipinski definition) is 1. The molecular weight excluding hydrogens is 428 g/mol. The van der Waals surface area contributed by atoms with Crippen LogP contribution in [0.25, 0.3) is 11.0 Å². The van der Waals surface area contributed by atoms with Crippen molar-refractivity contribution in [2.24, 2.45) is 17.2 Å². The number of pyridine rings is 1. The van der Waals surface area contributed by atoms with Crippen LogP contribution >= 0.6 is 0 Å². The van der Waals surface area contributed by atoms with Crippen LogP contribution in [0.5, 0.6) is 5.88 Å². The molecule has 0 saturated heterocycles. The van der Waals surface area contributed by atoms with Crippen molar-refractivity contribution in [1.82, 2.24) is 14.8 Å². The zero-order valence-corrected chi connectivity index (χ0v) is 19.2. The van der Waals surface area contributed by atoms with Crippen molar-refractivity contribution in [1.29, 1.82) is 0 Å². The molecule has 0 atom stereocenters. The van der Waals surface area contributed by atoms with E-state index in [0.717, 1.165) is 27.8 Å². The average Bonchev–Trinajstić information content (AvgIpc) is 2.98. The number of aryl methyl sites for hydroxylation is 3. The minimum Gasteiger partial charge on any atom is -0.472 e. The van der Waals surface area contributed by atoms with Crippen molar-refractivity contribution < 1.29 is 9.57 Å². The molecule has 0 spiro atoms. The summed E-state index contributed by atoms with van der Waals surface area (Å²) in [4.78, 5) is 14.9. The van der Waals surface area contributed by atoms with Gasteiger partial charge >= 0.3 is 0 Å². The van der Waals surface area contributed by atoms with E-state index in [9.17, 15) is 0 Å². The Balaban J connectivity index is 1.60. The lowest BCUT2D eigenvalue weighted by Crippen LogP contribution is -2.09. The number of benzene rings is 2. The fourth-order valence-corrected chi connectivity index (χ4v) is 3.87. The maximum absolute atomic E-state index is 6.21. The van der Waals surface area contributed by atoms with Crippen molar-refractivity contribution in [3.63, 3.8) is 0 Å². The summed E-state index contributed by atoms with van der Waals surface area (Å²) in [7, 11) is 1.86. The van der Waals surface area contributed by atoms with Crippen LogP contribution < -0.4 is 10.5 Å². The molecule has 2 aromatic carbocycles. The molecule has 0 unspecified atom stereocenters. The van der Waals surface area contributed by atoms with Gasteiger partial charge in [-0.1, -0.05) is 47.1 Å². The lowest BCUT2D eigenvalue weighted by Gasteiger charge is -2.12. The Morgan fingerprint density at radius 2 is 1.91 bits per heavy atom. The quantitative estimate of drug-likeness (QED) is 0.451. The maximum Gasteiger partial charge on any atom is 0.227 e. The van der Waals surface area contributed by atoms with Gasteiger partial charge < -0.3 is 15.3 Å². The summed E-state index contributed by atoms with van der Waals surface area (Å²) in [6, 6.07) is 17.6. The highest BCUT2D eigenvalue weighted by atomic mass is 16.6. The van der Waals surface area contributed by atoms with E-state index in [0.29, 0.717) is 40.9 Å². The number of anilines is 1. The Labute approximate surface area is 197 Å². The zero-order valence-electron chi connectivity index (χ0n) is 19.2. The minimum absolute atomic E-state index is 0.347. The first-order valence-corrected chi connectivity index (χ1v) is 10.9. The van der Waals surface area contributed by atoms with E-state index < -0.39 is 0 Å². The number of fused-ring (bicyclic) bond motifs is 1. The van der Waals surface area contributed by atoms with Crippen LogP contribution in [0, 0.1) is 13.8 Å². The molecule has 3 heterocycles. The highest BCUT2D eigenvalue weighted by Crippen LogP contribution is 2.27. The molecule has 0 bridgehead atoms. The zero-order chi connectivity index (χ0) is 23.7. The van der Waals surface area contributed by atoms with E-state index >= 15 is 0 Å². The van der Waals surface area contributed by atoms with Crippen LogP contribution in [0.1, 0.15) is 27.9 Å². The number of aliphatic imine (C=N–C) groups is 1. The van der Waals surface area contributed by atoms with E-state index in [1.54, 1.807) is 10.8 Å². The largest absolute Gasteiger partial charge is 0.472 e. The number of nitrogen functional groups attached to an aromatic ring is 1. The van der Waals surface area contributed by atoms with Crippen LogP contribution in [0.3, 0.4) is 0 Å². The Hall–Kier alpha value is -4.46. The molecular formula is C26H24N6O2. The van der Waals surface area contributed by atoms with Crippen molar-refractivity contribution in [3.05, 3.63) is 94.9 Å². The lowest BCUT2D eigenvalue weighted by molar-refractivity contribution is 0.268. The van der Waals surface area contributed by atoms with Gasteiger partial charge in [0.1, 0.15) is 12.9 Å². The molecule has 0 radical (unpaired) electrons. The molecule has 0 saturated carbocycles. The van der Waals surface area contributed by atoms with E-state index in [2.05, 4.69) is 29.3 Å². The van der Waals surface area contributed by atoms with Crippen molar-refractivity contribution in [2.45, 2.75) is 20.5 Å². The fraction of sp³-hybridized carbons (Fsp3) is 0.154. The summed E-state index contributed by atoms with van der Waals surface area (Å²) in [6.45, 7) is 4.34. The number of rotatable bonds is 5. The number of nitrogens with two attached hydrogens (primary N) is 1. The summed E-state index contributed by atoms with van der Waals surface area (Å²) in [6.07, 6.45) is 3.24. The Kier molecular flexibility index (Phi) is 5.55. The number of hydrogen-bond acceptors (Lipinski definition) is 7. The van der Waals surface area contributed by atoms with E-state index in [1.807, 2.05) is 56.4 Å². The standard InChI is InChI=1S/C26H24N6O2/c1-16-6-4-7-18(12-16)15-33-26-22(14-21-17(2)30-32(3)25(21)29-26)24-28-23(10-11-34-31-24)19-8-5-9-20(27)13-19/h4-14H,15,27H2,1-3H3. The molecule has 0 amide bonds. The number of nitrogens with zero attached hydrogens (tertiary/aromatic N) is 5. The molecule has 1 aliphatic heterocycles. The highest BCUT2D eigenvalue weighted by molar-refractivity contribution is 6.18. The van der Waals surface area contributed by atoms with Crippen LogP contribution in [-0.2, 0) is 18.5 Å². The first-order valence-electron chi connectivity index (χ1n) is 10.9. The average molecular weight is 453 g/mol. The topological polar surface area (TPSA) is 99.9 Å². The van der Waals surface area contributed by atoms with Gasteiger partial charge in [-0.15, -0.1) is 0 Å². The maximum atomic E-state index is 6.21. The summed E-state index contributed by atoms with van der Waals surface area (Å²) in [5, 5.41) is 9.62. The smallest absolute Gasteiger partial charge is 0.227 e. The van der Waals surface area contributed by atoms with Crippen LogP contribution in [0.2, 0.25) is 0 Å². The lowest BCUT2D eigenvalue weighted by atomic mass is 10.1. The summed E-state index contributed by atoms with van der Waals surface area (Å²) in [5.41, 5.74) is 12.5. The van der Waals surface area contributed by atoms with Gasteiger partial charge in [0.2, 0.25) is 11.7 Å². The van der Waals surface area contributed by atoms with Crippen molar-refractivity contribution >= 4 is 28.3 Å². The van der Waals surface area contributed by atoms with Gasteiger partial charge in [-0.2, -0.15) is 10.1 Å². The molecule has 34 heavy (non-hydrogen) atoms. The predicted octanol–water partition coefficient (Wildman–Crippen LogP) is 4.44. The SMILES string of the molecule is Cc1cccc(COc2nc3c(cc2C2=NOC=CC(c4cccc(N)c4)=N2)c(C)nn3C)c1. The molecule has 0 aliphatic carbocycles. The Morgan fingerprint density at radius 1 is 1.06 bits per heavy atom. The van der Waals surface area contributed by atoms with Crippen LogP contribution in [0.15, 0.2) is 77.1 Å². The van der Waals surface area contributed by atoms with Gasteiger partial charge in [0, 0.05) is 29.8 Å². The van der Waals surface area contributed by atoms with Gasteiger partial charge in [-0.05, 0) is 37.6 Å². The predicted molar refractivity (Wildman–Crippen MR) is 133 cm³/mol. The first-order chi connectivity index (χ1) is 16.5. The van der Waals surface area contributed by atoms with Gasteiger partial charge in [0.05, 0.1) is 17.0 Å². The highest BCUT2D eigenvalue weighted by Gasteiger charge is 2.20. The number of amidine groups is 1. The molecule has 2 N–H and O–H groups in total. The summed E-state index contributed by atoms with van der Waals surface area (Å²) in [5.74, 6) is 0.747. The van der Waals surface area contributed by atoms with E-state index in [1.165, 1.54) is 6.26 Å². The number of oxime groups is 1. The third-order valence-electron chi connectivity index (χ3n) is 5.50. The van der Waals surface area contributed by atoms with Crippen molar-refractivity contribution in [2.75, 3.05) is 5.73 Å². The summed E-state index contributed by atoms with van der Waals surface area (Å²) >= 11 is 0. The number of aromatic nitrogens is 3. The molecule has 170 valence electrons. The second-order valence-corrected chi connectivity index (χ2v) is 8.14. The van der Waals surface area contributed by atoms with Gasteiger partial charge in [-0.25, -0.2) is 4.99 Å². The second-order valence-electron chi connectivity index (χ2n) is 8.14. The minimum atomic E-state index is 0.347. The molecule has 8 heteroatoms. The molecule has 1 aliphatic rings. The molecule has 0 fully saturated rings. The van der Waals surface area contributed by atoms with Crippen molar-refractivity contribution in [3.8, 4) is 5.88 Å². The molecule has 8 nitrogen and oxygen atoms in total. The number of allylic oxidation sites excluding steroid dienone is 1. The van der Waals surface area contributed by atoms with Gasteiger partial charge in [0.25, 0.3) is 0 Å². The second kappa shape index (κ2) is 8.82.